The third kappa shape index (κ3) is 3.18. The monoisotopic (exact) mass is 484 g/mol. The van der Waals surface area contributed by atoms with E-state index < -0.39 is 33.0 Å². The molecule has 0 radical (unpaired) electrons. The van der Waals surface area contributed by atoms with Crippen LogP contribution in [0.3, 0.4) is 0 Å². The summed E-state index contributed by atoms with van der Waals surface area (Å²) in [6.45, 7) is 5.52. The van der Waals surface area contributed by atoms with Crippen molar-refractivity contribution in [3.63, 3.8) is 0 Å². The van der Waals surface area contributed by atoms with Gasteiger partial charge in [-0.05, 0) is 45.4 Å². The quantitative estimate of drug-likeness (QED) is 0.555. The molecule has 178 valence electrons. The summed E-state index contributed by atoms with van der Waals surface area (Å²) in [6.07, 6.45) is 2.38. The van der Waals surface area contributed by atoms with Gasteiger partial charge in [-0.2, -0.15) is 5.06 Å². The Hall–Kier alpha value is -3.44. The fraction of sp³-hybridized carbons (Fsp3) is 0.348. The maximum Gasteiger partial charge on any atom is 0.410 e. The highest BCUT2D eigenvalue weighted by atomic mass is 32.2. The van der Waals surface area contributed by atoms with E-state index >= 15 is 0 Å². The molecule has 1 spiro atoms. The molecule has 1 atom stereocenters. The van der Waals surface area contributed by atoms with E-state index in [2.05, 4.69) is 4.98 Å². The van der Waals surface area contributed by atoms with Gasteiger partial charge in [0.1, 0.15) is 5.60 Å². The second-order valence-corrected chi connectivity index (χ2v) is 11.4. The number of anilines is 1. The summed E-state index contributed by atoms with van der Waals surface area (Å²) in [5, 5.41) is 11.5. The lowest BCUT2D eigenvalue weighted by Gasteiger charge is -2.26. The van der Waals surface area contributed by atoms with Gasteiger partial charge in [-0.15, -0.1) is 0 Å². The number of pyridine rings is 1. The normalized spacial score (nSPS) is 20.4. The first-order valence-electron chi connectivity index (χ1n) is 10.8. The molecule has 0 aliphatic carbocycles. The molecule has 10 nitrogen and oxygen atoms in total. The van der Waals surface area contributed by atoms with Gasteiger partial charge in [-0.1, -0.05) is 18.2 Å². The summed E-state index contributed by atoms with van der Waals surface area (Å²) in [7, 11) is -3.94. The molecule has 0 saturated carbocycles. The Morgan fingerprint density at radius 3 is 2.56 bits per heavy atom. The summed E-state index contributed by atoms with van der Waals surface area (Å²) < 4.78 is 33.0. The maximum atomic E-state index is 13.3. The molecular formula is C23H24N4O6S. The number of nitrogens with zero attached hydrogens (tertiary/aromatic N) is 4. The lowest BCUT2D eigenvalue weighted by atomic mass is 9.80. The van der Waals surface area contributed by atoms with Crippen molar-refractivity contribution in [2.45, 2.75) is 43.1 Å². The van der Waals surface area contributed by atoms with Crippen molar-refractivity contribution < 1.29 is 28.0 Å². The molecule has 1 saturated heterocycles. The van der Waals surface area contributed by atoms with E-state index in [0.717, 1.165) is 3.97 Å². The predicted octanol–water partition coefficient (Wildman–Crippen LogP) is 2.89. The van der Waals surface area contributed by atoms with Crippen LogP contribution in [-0.2, 0) is 25.0 Å². The van der Waals surface area contributed by atoms with E-state index in [1.807, 2.05) is 0 Å². The molecule has 0 bridgehead atoms. The Morgan fingerprint density at radius 1 is 1.18 bits per heavy atom. The van der Waals surface area contributed by atoms with Crippen LogP contribution in [0.1, 0.15) is 32.8 Å². The molecule has 11 heteroatoms. The number of hydroxylamine groups is 1. The Kier molecular flexibility index (Phi) is 4.79. The number of ether oxygens (including phenoxy) is 1. The minimum absolute atomic E-state index is 0.000531. The third-order valence-electron chi connectivity index (χ3n) is 6.19. The van der Waals surface area contributed by atoms with Crippen molar-refractivity contribution >= 4 is 38.7 Å². The van der Waals surface area contributed by atoms with Crippen molar-refractivity contribution in [3.8, 4) is 0 Å². The molecule has 1 N–H and O–H groups in total. The number of carbonyl (C=O) groups excluding carboxylic acids is 2. The van der Waals surface area contributed by atoms with Gasteiger partial charge >= 0.3 is 6.09 Å². The van der Waals surface area contributed by atoms with E-state index in [0.29, 0.717) is 16.0 Å². The third-order valence-corrected chi connectivity index (χ3v) is 7.87. The summed E-state index contributed by atoms with van der Waals surface area (Å²) >= 11 is 0. The van der Waals surface area contributed by atoms with Crippen LogP contribution >= 0.6 is 0 Å². The van der Waals surface area contributed by atoms with Crippen LogP contribution < -0.4 is 5.06 Å². The first kappa shape index (κ1) is 22.4. The molecule has 1 unspecified atom stereocenters. The minimum atomic E-state index is -3.94. The van der Waals surface area contributed by atoms with E-state index in [1.165, 1.54) is 29.4 Å². The van der Waals surface area contributed by atoms with Crippen LogP contribution in [0.15, 0.2) is 53.7 Å². The average molecular weight is 485 g/mol. The number of benzene rings is 1. The molecule has 5 rings (SSSR count). The molecule has 2 aliphatic heterocycles. The zero-order chi connectivity index (χ0) is 24.5. The number of hydrogen-bond acceptors (Lipinski definition) is 7. The molecule has 2 aromatic heterocycles. The smallest absolute Gasteiger partial charge is 0.410 e. The van der Waals surface area contributed by atoms with Crippen molar-refractivity contribution in [2.24, 2.45) is 0 Å². The number of aromatic nitrogens is 2. The van der Waals surface area contributed by atoms with Crippen molar-refractivity contribution in [3.05, 3.63) is 54.4 Å². The van der Waals surface area contributed by atoms with Gasteiger partial charge in [0.2, 0.25) is 0 Å². The minimum Gasteiger partial charge on any atom is -0.444 e. The van der Waals surface area contributed by atoms with Crippen LogP contribution in [-0.4, -0.2) is 58.2 Å². The van der Waals surface area contributed by atoms with Gasteiger partial charge in [0.05, 0.1) is 22.2 Å². The first-order chi connectivity index (χ1) is 16.0. The standard InChI is InChI=1S/C23H24N4O6S/c1-22(2,3)33-21(29)25-12-10-23(14-25)18-16-9-11-26(34(31,32)15-7-5-4-6-8-15)19(16)24-13-17(18)27(30)20(23)28/h4-9,11,13,30H,10,12,14H2,1-3H3. The highest BCUT2D eigenvalue weighted by Crippen LogP contribution is 2.49. The molecular weight excluding hydrogens is 460 g/mol. The van der Waals surface area contributed by atoms with Crippen LogP contribution in [0, 0.1) is 0 Å². The lowest BCUT2D eigenvalue weighted by Crippen LogP contribution is -2.43. The molecule has 3 aromatic rings. The Labute approximate surface area is 196 Å². The second-order valence-electron chi connectivity index (χ2n) is 9.54. The zero-order valence-corrected chi connectivity index (χ0v) is 19.7. The van der Waals surface area contributed by atoms with Crippen molar-refractivity contribution in [2.75, 3.05) is 18.2 Å². The Balaban J connectivity index is 1.62. The van der Waals surface area contributed by atoms with Gasteiger partial charge in [-0.3, -0.25) is 10.0 Å². The molecule has 4 heterocycles. The van der Waals surface area contributed by atoms with Gasteiger partial charge < -0.3 is 9.64 Å². The number of carbonyl (C=O) groups is 2. The van der Waals surface area contributed by atoms with Gasteiger partial charge in [0.15, 0.2) is 5.65 Å². The topological polar surface area (TPSA) is 122 Å². The Bertz CT molecular complexity index is 1430. The number of likely N-dealkylation sites (tertiary alicyclic amines) is 1. The summed E-state index contributed by atoms with van der Waals surface area (Å²) in [5.74, 6) is -0.582. The number of rotatable bonds is 2. The van der Waals surface area contributed by atoms with Gasteiger partial charge in [0, 0.05) is 30.2 Å². The van der Waals surface area contributed by atoms with E-state index in [9.17, 15) is 23.2 Å². The van der Waals surface area contributed by atoms with Gasteiger partial charge in [0.25, 0.3) is 15.9 Å². The van der Waals surface area contributed by atoms with E-state index in [-0.39, 0.29) is 35.7 Å². The fourth-order valence-electron chi connectivity index (χ4n) is 4.71. The van der Waals surface area contributed by atoms with Gasteiger partial charge in [-0.25, -0.2) is 22.2 Å². The van der Waals surface area contributed by atoms with Crippen LogP contribution in [0.5, 0.6) is 0 Å². The predicted molar refractivity (Wildman–Crippen MR) is 122 cm³/mol. The second kappa shape index (κ2) is 7.28. The molecule has 2 amide bonds. The van der Waals surface area contributed by atoms with E-state index in [1.54, 1.807) is 45.0 Å². The van der Waals surface area contributed by atoms with Crippen LogP contribution in [0.4, 0.5) is 10.5 Å². The van der Waals surface area contributed by atoms with E-state index in [4.69, 9.17) is 4.74 Å². The largest absolute Gasteiger partial charge is 0.444 e. The first-order valence-corrected chi connectivity index (χ1v) is 12.2. The summed E-state index contributed by atoms with van der Waals surface area (Å²) in [4.78, 5) is 31.7. The number of amides is 2. The molecule has 2 aliphatic rings. The molecule has 1 aromatic carbocycles. The SMILES string of the molecule is CC(C)(C)OC(=O)N1CCC2(C1)C(=O)N(O)c1cnc3c(ccn3S(=O)(=O)c3ccccc3)c12. The van der Waals surface area contributed by atoms with Crippen molar-refractivity contribution in [1.82, 2.24) is 13.9 Å². The van der Waals surface area contributed by atoms with Crippen molar-refractivity contribution in [1.29, 1.82) is 0 Å². The number of fused-ring (bicyclic) bond motifs is 4. The Morgan fingerprint density at radius 2 is 1.88 bits per heavy atom. The number of hydrogen-bond donors (Lipinski definition) is 1. The molecule has 34 heavy (non-hydrogen) atoms. The summed E-state index contributed by atoms with van der Waals surface area (Å²) in [5.41, 5.74) is -1.16. The maximum absolute atomic E-state index is 13.3. The average Bonchev–Trinajstić information content (AvgIpc) is 3.47. The lowest BCUT2D eigenvalue weighted by molar-refractivity contribution is -0.127. The highest BCUT2D eigenvalue weighted by molar-refractivity contribution is 7.90. The fourth-order valence-corrected chi connectivity index (χ4v) is 6.03. The highest BCUT2D eigenvalue weighted by Gasteiger charge is 2.57. The summed E-state index contributed by atoms with van der Waals surface area (Å²) in [6, 6.07) is 9.54. The molecule has 1 fully saturated rings. The van der Waals surface area contributed by atoms with Crippen LogP contribution in [0.2, 0.25) is 0 Å². The zero-order valence-electron chi connectivity index (χ0n) is 18.9. The van der Waals surface area contributed by atoms with Crippen LogP contribution in [0.25, 0.3) is 11.0 Å².